The maximum Gasteiger partial charge on any atom is 0.521 e. The normalized spacial score (nSPS) is 10.9. The summed E-state index contributed by atoms with van der Waals surface area (Å²) < 4.78 is 21.1. The number of carbonyl (C=O) groups is 4. The molecule has 0 aliphatic carbocycles. The van der Waals surface area contributed by atoms with Crippen LogP contribution in [0.3, 0.4) is 0 Å². The van der Waals surface area contributed by atoms with Crippen molar-refractivity contribution in [3.63, 3.8) is 0 Å². The summed E-state index contributed by atoms with van der Waals surface area (Å²) in [6, 6.07) is 22.0. The summed E-state index contributed by atoms with van der Waals surface area (Å²) in [6.45, 7) is 2.51. The standard InChI is InChI=1S/C46H58N2O10S/c1-3-4-5-6-7-8-9-10-11-12-13-14-15-18-31-48(45(53)57-35-26-24-34(25-27-35)33-56-46(54)58-59-32-30-42(49)50)40-22-19-20-37-36(40)28-29-38(43(37)51)44(52)47-39-21-16-17-23-41(39)55-2/h16-17,19-29,51H,3-15,18,30-33H2,1-2H3,(H,47,52)(H,49,50). The van der Waals surface area contributed by atoms with Crippen LogP contribution >= 0.6 is 12.0 Å². The minimum Gasteiger partial charge on any atom is -0.506 e. The van der Waals surface area contributed by atoms with E-state index in [1.165, 1.54) is 77.4 Å². The van der Waals surface area contributed by atoms with Gasteiger partial charge in [0.05, 0.1) is 42.5 Å². The lowest BCUT2D eigenvalue weighted by Crippen LogP contribution is -2.34. The molecule has 0 spiro atoms. The van der Waals surface area contributed by atoms with Crippen molar-refractivity contribution in [2.75, 3.05) is 29.6 Å². The van der Waals surface area contributed by atoms with Crippen LogP contribution in [0.15, 0.2) is 78.9 Å². The zero-order valence-electron chi connectivity index (χ0n) is 34.2. The van der Waals surface area contributed by atoms with Crippen molar-refractivity contribution in [1.29, 1.82) is 0 Å². The van der Waals surface area contributed by atoms with E-state index in [2.05, 4.69) is 12.2 Å². The Morgan fingerprint density at radius 3 is 2.02 bits per heavy atom. The number of amides is 2. The lowest BCUT2D eigenvalue weighted by Gasteiger charge is -2.24. The first-order valence-electron chi connectivity index (χ1n) is 20.7. The second-order valence-corrected chi connectivity index (χ2v) is 15.1. The van der Waals surface area contributed by atoms with Gasteiger partial charge in [0.2, 0.25) is 0 Å². The van der Waals surface area contributed by atoms with Crippen LogP contribution in [-0.2, 0) is 20.3 Å². The molecule has 0 bridgehead atoms. The first-order chi connectivity index (χ1) is 28.7. The van der Waals surface area contributed by atoms with E-state index in [4.69, 9.17) is 23.5 Å². The maximum absolute atomic E-state index is 14.0. The van der Waals surface area contributed by atoms with Crippen LogP contribution in [0.4, 0.5) is 21.0 Å². The van der Waals surface area contributed by atoms with E-state index in [1.54, 1.807) is 77.7 Å². The highest BCUT2D eigenvalue weighted by molar-refractivity contribution is 7.95. The third-order valence-electron chi connectivity index (χ3n) is 9.87. The molecule has 4 aromatic rings. The van der Waals surface area contributed by atoms with Crippen LogP contribution in [-0.4, -0.2) is 53.7 Å². The van der Waals surface area contributed by atoms with E-state index in [-0.39, 0.29) is 35.8 Å². The number of phenolic OH excluding ortho intramolecular Hbond substituents is 1. The number of unbranched alkanes of at least 4 members (excludes halogenated alkanes) is 13. The molecule has 0 saturated carbocycles. The molecule has 0 unspecified atom stereocenters. The van der Waals surface area contributed by atoms with E-state index < -0.39 is 24.1 Å². The largest absolute Gasteiger partial charge is 0.521 e. The molecule has 4 rings (SSSR count). The topological polar surface area (TPSA) is 161 Å². The summed E-state index contributed by atoms with van der Waals surface area (Å²) in [5, 5.41) is 23.9. The van der Waals surface area contributed by atoms with E-state index in [0.29, 0.717) is 52.0 Å². The van der Waals surface area contributed by atoms with Crippen molar-refractivity contribution in [1.82, 2.24) is 0 Å². The second kappa shape index (κ2) is 25.8. The monoisotopic (exact) mass is 830 g/mol. The zero-order valence-corrected chi connectivity index (χ0v) is 35.1. The number of anilines is 2. The number of carboxylic acid groups (broad SMARTS) is 1. The van der Waals surface area contributed by atoms with Crippen molar-refractivity contribution >= 4 is 58.3 Å². The van der Waals surface area contributed by atoms with Crippen molar-refractivity contribution in [3.8, 4) is 17.2 Å². The maximum atomic E-state index is 14.0. The molecule has 0 radical (unpaired) electrons. The molecule has 4 aromatic carbocycles. The van der Waals surface area contributed by atoms with Crippen molar-refractivity contribution in [2.24, 2.45) is 0 Å². The predicted molar refractivity (Wildman–Crippen MR) is 233 cm³/mol. The van der Waals surface area contributed by atoms with Gasteiger partial charge >= 0.3 is 18.2 Å². The minimum atomic E-state index is -0.995. The van der Waals surface area contributed by atoms with Crippen LogP contribution in [0.1, 0.15) is 119 Å². The molecule has 0 atom stereocenters. The Kier molecular flexibility index (Phi) is 20.3. The zero-order chi connectivity index (χ0) is 42.2. The number of hydrogen-bond acceptors (Lipinski definition) is 10. The Morgan fingerprint density at radius 1 is 0.729 bits per heavy atom. The SMILES string of the molecule is CCCCCCCCCCCCCCCCN(C(=O)Oc1ccc(COC(=O)OSCCC(=O)O)cc1)c1cccc2c(O)c(C(=O)Nc3ccccc3OC)ccc12. The summed E-state index contributed by atoms with van der Waals surface area (Å²) in [5.74, 6) is -0.875. The highest BCUT2D eigenvalue weighted by atomic mass is 32.2. The van der Waals surface area contributed by atoms with Crippen LogP contribution in [0, 0.1) is 0 Å². The third-order valence-corrected chi connectivity index (χ3v) is 10.5. The number of rotatable bonds is 26. The molecule has 0 heterocycles. The van der Waals surface area contributed by atoms with Gasteiger partial charge in [-0.3, -0.25) is 14.5 Å². The average molecular weight is 831 g/mol. The van der Waals surface area contributed by atoms with Gasteiger partial charge in [-0.25, -0.2) is 9.59 Å². The van der Waals surface area contributed by atoms with E-state index in [9.17, 15) is 24.3 Å². The molecule has 0 fully saturated rings. The fourth-order valence-electron chi connectivity index (χ4n) is 6.65. The molecular weight excluding hydrogens is 773 g/mol. The number of carbonyl (C=O) groups excluding carboxylic acids is 3. The summed E-state index contributed by atoms with van der Waals surface area (Å²) >= 11 is 0.701. The fourth-order valence-corrected chi connectivity index (χ4v) is 7.14. The molecule has 0 aliphatic heterocycles. The van der Waals surface area contributed by atoms with Gasteiger partial charge in [0.15, 0.2) is 0 Å². The molecule has 59 heavy (non-hydrogen) atoms. The Balaban J connectivity index is 1.41. The van der Waals surface area contributed by atoms with Crippen LogP contribution < -0.4 is 19.7 Å². The molecule has 0 aliphatic rings. The molecule has 12 nitrogen and oxygen atoms in total. The Labute approximate surface area is 351 Å². The Morgan fingerprint density at radius 2 is 1.37 bits per heavy atom. The van der Waals surface area contributed by atoms with Crippen molar-refractivity contribution in [2.45, 2.75) is 110 Å². The van der Waals surface area contributed by atoms with Gasteiger partial charge in [-0.05, 0) is 48.4 Å². The van der Waals surface area contributed by atoms with Gasteiger partial charge in [0, 0.05) is 23.1 Å². The Hall–Kier alpha value is -5.43. The van der Waals surface area contributed by atoms with E-state index in [0.717, 1.165) is 25.7 Å². The molecular formula is C46H58N2O10S. The summed E-state index contributed by atoms with van der Waals surface area (Å²) in [5.41, 5.74) is 1.67. The van der Waals surface area contributed by atoms with Gasteiger partial charge < -0.3 is 33.9 Å². The number of carboxylic acids is 1. The third kappa shape index (κ3) is 15.7. The number of aliphatic carboxylic acids is 1. The van der Waals surface area contributed by atoms with E-state index >= 15 is 0 Å². The minimum absolute atomic E-state index is 0.0657. The summed E-state index contributed by atoms with van der Waals surface area (Å²) in [6.07, 6.45) is 15.2. The summed E-state index contributed by atoms with van der Waals surface area (Å²) in [4.78, 5) is 51.3. The number of fused-ring (bicyclic) bond motifs is 1. The molecule has 2 amide bonds. The first-order valence-corrected chi connectivity index (χ1v) is 21.6. The number of para-hydroxylation sites is 2. The van der Waals surface area contributed by atoms with Gasteiger partial charge in [-0.1, -0.05) is 133 Å². The molecule has 318 valence electrons. The van der Waals surface area contributed by atoms with Crippen molar-refractivity contribution in [3.05, 3.63) is 90.0 Å². The molecule has 13 heteroatoms. The van der Waals surface area contributed by atoms with E-state index in [1.807, 2.05) is 0 Å². The summed E-state index contributed by atoms with van der Waals surface area (Å²) in [7, 11) is 1.51. The van der Waals surface area contributed by atoms with Gasteiger partial charge in [-0.2, -0.15) is 0 Å². The predicted octanol–water partition coefficient (Wildman–Crippen LogP) is 12.1. The quantitative estimate of drug-likeness (QED) is 0.0314. The van der Waals surface area contributed by atoms with Crippen molar-refractivity contribution < 1.29 is 47.8 Å². The number of nitrogens with one attached hydrogen (secondary N) is 1. The number of hydrogen-bond donors (Lipinski definition) is 3. The highest BCUT2D eigenvalue weighted by Crippen LogP contribution is 2.36. The Bertz CT molecular complexity index is 1940. The number of phenols is 1. The average Bonchev–Trinajstić information content (AvgIpc) is 3.23. The molecule has 0 aromatic heterocycles. The number of methoxy groups -OCH3 is 1. The van der Waals surface area contributed by atoms with Gasteiger partial charge in [-0.15, -0.1) is 0 Å². The number of ether oxygens (including phenoxy) is 3. The van der Waals surface area contributed by atoms with Crippen LogP contribution in [0.25, 0.3) is 10.8 Å². The van der Waals surface area contributed by atoms with Gasteiger partial charge in [0.1, 0.15) is 23.9 Å². The smallest absolute Gasteiger partial charge is 0.506 e. The lowest BCUT2D eigenvalue weighted by atomic mass is 10.0. The fraction of sp³-hybridized carbons (Fsp3) is 0.435. The van der Waals surface area contributed by atoms with Gasteiger partial charge in [0.25, 0.3) is 5.91 Å². The first kappa shape index (κ1) is 46.3. The number of aromatic hydroxyl groups is 1. The number of nitrogens with zero attached hydrogens (tertiary/aromatic N) is 1. The number of benzene rings is 4. The lowest BCUT2D eigenvalue weighted by molar-refractivity contribution is -0.136. The van der Waals surface area contributed by atoms with Crippen LogP contribution in [0.5, 0.6) is 17.2 Å². The highest BCUT2D eigenvalue weighted by Gasteiger charge is 2.23. The molecule has 0 saturated heterocycles. The van der Waals surface area contributed by atoms with Crippen LogP contribution in [0.2, 0.25) is 0 Å². The second-order valence-electron chi connectivity index (χ2n) is 14.3. The molecule has 3 N–H and O–H groups in total.